The molecule has 0 aromatic rings. The van der Waals surface area contributed by atoms with Crippen LogP contribution in [0.5, 0.6) is 0 Å². The number of nitrogens with one attached hydrogen (secondary N) is 1. The Hall–Kier alpha value is -3.62. The molecule has 2 N–H and O–H groups in total. The van der Waals surface area contributed by atoms with Crippen molar-refractivity contribution in [2.45, 2.75) is 174 Å². The Morgan fingerprint density at radius 3 is 1.37 bits per heavy atom. The van der Waals surface area contributed by atoms with Crippen LogP contribution >= 0.6 is 7.82 Å². The number of likely N-dealkylation sites (N-methyl/N-ethyl adjacent to an activating group) is 1. The summed E-state index contributed by atoms with van der Waals surface area (Å²) in [6.45, 7) is 4.41. The number of aliphatic hydroxyl groups is 1. The highest BCUT2D eigenvalue weighted by Crippen LogP contribution is 2.38. The maximum atomic E-state index is 12.9. The third-order valence-corrected chi connectivity index (χ3v) is 11.2. The van der Waals surface area contributed by atoms with Gasteiger partial charge in [-0.05, 0) is 109 Å². The molecule has 0 spiro atoms. The van der Waals surface area contributed by atoms with E-state index in [1.807, 2.05) is 27.2 Å². The van der Waals surface area contributed by atoms with Gasteiger partial charge in [0.05, 0.1) is 39.9 Å². The Labute approximate surface area is 410 Å². The summed E-state index contributed by atoms with van der Waals surface area (Å²) in [7, 11) is 1.20. The van der Waals surface area contributed by atoms with Gasteiger partial charge in [0.1, 0.15) is 13.2 Å². The minimum Gasteiger partial charge on any atom is -0.756 e. The largest absolute Gasteiger partial charge is 0.756 e. The minimum absolute atomic E-state index is 0.0205. The predicted molar refractivity (Wildman–Crippen MR) is 288 cm³/mol. The van der Waals surface area contributed by atoms with Crippen LogP contribution in [-0.2, 0) is 18.4 Å². The number of nitrogens with zero attached hydrogens (tertiary/aromatic N) is 1. The Morgan fingerprint density at radius 1 is 0.537 bits per heavy atom. The second-order valence-corrected chi connectivity index (χ2v) is 19.2. The van der Waals surface area contributed by atoms with Gasteiger partial charge in [-0.3, -0.25) is 9.36 Å². The van der Waals surface area contributed by atoms with Crippen LogP contribution < -0.4 is 10.2 Å². The molecule has 8 nitrogen and oxygen atoms in total. The maximum absolute atomic E-state index is 12.9. The average molecular weight is 947 g/mol. The SMILES string of the molecule is CC/C=C\C/C=C\C/C=C\C/C=C\C/C=C\C/C=C\C/C=C\C/C=C\C/C=C\C/C=C\CCCCCCC(=O)NC(COP(=O)([O-])OCC[N+](C)(C)C)C(O)/C=C/CC/C=C/CCCCCC. The quantitative estimate of drug-likeness (QED) is 0.0273. The number of unbranched alkanes of at least 4 members (excludes halogenated alkanes) is 9. The Morgan fingerprint density at radius 2 is 0.925 bits per heavy atom. The molecule has 0 fully saturated rings. The molecule has 0 aromatic carbocycles. The second kappa shape index (κ2) is 47.4. The van der Waals surface area contributed by atoms with Crippen molar-refractivity contribution >= 4 is 13.7 Å². The van der Waals surface area contributed by atoms with Gasteiger partial charge in [-0.2, -0.15) is 0 Å². The summed E-state index contributed by atoms with van der Waals surface area (Å²) in [4.78, 5) is 25.3. The fraction of sp³-hybridized carbons (Fsp3) is 0.569. The molecular weight excluding hydrogens is 852 g/mol. The van der Waals surface area contributed by atoms with Crippen molar-refractivity contribution in [1.82, 2.24) is 5.32 Å². The zero-order chi connectivity index (χ0) is 49.2. The third-order valence-electron chi connectivity index (χ3n) is 10.3. The number of phosphoric ester groups is 1. The summed E-state index contributed by atoms with van der Waals surface area (Å²) < 4.78 is 23.1. The Kier molecular flexibility index (Phi) is 44.9. The summed E-state index contributed by atoms with van der Waals surface area (Å²) >= 11 is 0. The molecule has 0 aliphatic heterocycles. The fourth-order valence-corrected chi connectivity index (χ4v) is 6.97. The first-order valence-electron chi connectivity index (χ1n) is 25.7. The second-order valence-electron chi connectivity index (χ2n) is 17.8. The van der Waals surface area contributed by atoms with Gasteiger partial charge in [-0.15, -0.1) is 0 Å². The van der Waals surface area contributed by atoms with Crippen molar-refractivity contribution in [1.29, 1.82) is 0 Å². The molecule has 3 unspecified atom stereocenters. The van der Waals surface area contributed by atoms with E-state index in [4.69, 9.17) is 9.05 Å². The van der Waals surface area contributed by atoms with Crippen molar-refractivity contribution in [3.63, 3.8) is 0 Å². The Balaban J connectivity index is 4.25. The van der Waals surface area contributed by atoms with Gasteiger partial charge < -0.3 is 28.8 Å². The van der Waals surface area contributed by atoms with Crippen LogP contribution in [-0.4, -0.2) is 68.5 Å². The predicted octanol–water partition coefficient (Wildman–Crippen LogP) is 14.7. The van der Waals surface area contributed by atoms with Gasteiger partial charge >= 0.3 is 0 Å². The van der Waals surface area contributed by atoms with E-state index in [0.29, 0.717) is 23.9 Å². The summed E-state index contributed by atoms with van der Waals surface area (Å²) in [6, 6.07) is -0.926. The van der Waals surface area contributed by atoms with E-state index >= 15 is 0 Å². The number of amides is 1. The Bertz CT molecular complexity index is 1590. The number of carbonyl (C=O) groups is 1. The lowest BCUT2D eigenvalue weighted by molar-refractivity contribution is -0.870. The number of carbonyl (C=O) groups excluding carboxylic acids is 1. The van der Waals surface area contributed by atoms with Crippen molar-refractivity contribution in [2.24, 2.45) is 0 Å². The van der Waals surface area contributed by atoms with Gasteiger partial charge in [-0.25, -0.2) is 0 Å². The highest BCUT2D eigenvalue weighted by atomic mass is 31.2. The monoisotopic (exact) mass is 947 g/mol. The lowest BCUT2D eigenvalue weighted by Gasteiger charge is -2.29. The molecule has 1 amide bonds. The zero-order valence-electron chi connectivity index (χ0n) is 42.8. The van der Waals surface area contributed by atoms with E-state index in [1.165, 1.54) is 25.7 Å². The van der Waals surface area contributed by atoms with Gasteiger partial charge in [0.15, 0.2) is 0 Å². The minimum atomic E-state index is -4.61. The van der Waals surface area contributed by atoms with E-state index in [9.17, 15) is 19.4 Å². The topological polar surface area (TPSA) is 108 Å². The molecule has 0 radical (unpaired) electrons. The van der Waals surface area contributed by atoms with E-state index < -0.39 is 26.6 Å². The van der Waals surface area contributed by atoms with Crippen LogP contribution in [0.25, 0.3) is 0 Å². The summed E-state index contributed by atoms with van der Waals surface area (Å²) in [5.41, 5.74) is 0. The van der Waals surface area contributed by atoms with Gasteiger partial charge in [0, 0.05) is 6.42 Å². The lowest BCUT2D eigenvalue weighted by Crippen LogP contribution is -2.45. The average Bonchev–Trinajstić information content (AvgIpc) is 3.29. The molecule has 0 bridgehead atoms. The number of quaternary nitrogens is 1. The summed E-state index contributed by atoms with van der Waals surface area (Å²) in [5, 5.41) is 13.7. The molecule has 0 aliphatic carbocycles. The van der Waals surface area contributed by atoms with Crippen molar-refractivity contribution in [3.8, 4) is 0 Å². The zero-order valence-corrected chi connectivity index (χ0v) is 43.7. The molecule has 378 valence electrons. The van der Waals surface area contributed by atoms with Crippen LogP contribution in [0.3, 0.4) is 0 Å². The van der Waals surface area contributed by atoms with Crippen LogP contribution in [0, 0.1) is 0 Å². The van der Waals surface area contributed by atoms with Crippen molar-refractivity contribution < 1.29 is 32.9 Å². The molecule has 0 saturated heterocycles. The molecule has 0 aliphatic rings. The molecular formula is C58H95N2O6P. The van der Waals surface area contributed by atoms with Crippen molar-refractivity contribution in [2.75, 3.05) is 40.9 Å². The van der Waals surface area contributed by atoms with Crippen LogP contribution in [0.4, 0.5) is 0 Å². The highest BCUT2D eigenvalue weighted by molar-refractivity contribution is 7.45. The summed E-state index contributed by atoms with van der Waals surface area (Å²) in [5.74, 6) is -0.242. The van der Waals surface area contributed by atoms with Gasteiger partial charge in [0.2, 0.25) is 5.91 Å². The molecule has 67 heavy (non-hydrogen) atoms. The fourth-order valence-electron chi connectivity index (χ4n) is 6.25. The summed E-state index contributed by atoms with van der Waals surface area (Å²) in [6.07, 6.45) is 73.6. The van der Waals surface area contributed by atoms with Gasteiger partial charge in [0.25, 0.3) is 7.82 Å². The van der Waals surface area contributed by atoms with E-state index in [-0.39, 0.29) is 12.5 Å². The van der Waals surface area contributed by atoms with Gasteiger partial charge in [-0.1, -0.05) is 192 Å². The number of hydrogen-bond donors (Lipinski definition) is 2. The highest BCUT2D eigenvalue weighted by Gasteiger charge is 2.23. The first-order chi connectivity index (χ1) is 32.5. The van der Waals surface area contributed by atoms with Crippen LogP contribution in [0.15, 0.2) is 146 Å². The molecule has 0 aromatic heterocycles. The number of aliphatic hydroxyl groups excluding tert-OH is 1. The van der Waals surface area contributed by atoms with E-state index in [2.05, 4.69) is 153 Å². The molecule has 0 rings (SSSR count). The van der Waals surface area contributed by atoms with Crippen LogP contribution in [0.1, 0.15) is 162 Å². The third kappa shape index (κ3) is 50.1. The van der Waals surface area contributed by atoms with E-state index in [1.54, 1.807) is 6.08 Å². The number of hydrogen-bond acceptors (Lipinski definition) is 6. The lowest BCUT2D eigenvalue weighted by atomic mass is 10.1. The van der Waals surface area contributed by atoms with E-state index in [0.717, 1.165) is 109 Å². The number of allylic oxidation sites excluding steroid dienone is 23. The van der Waals surface area contributed by atoms with Crippen LogP contribution in [0.2, 0.25) is 0 Å². The first-order valence-corrected chi connectivity index (χ1v) is 27.2. The van der Waals surface area contributed by atoms with Crippen molar-refractivity contribution in [3.05, 3.63) is 146 Å². The number of rotatable bonds is 44. The molecule has 3 atom stereocenters. The standard InChI is InChI=1S/C58H95N2O6P/c1-6-8-10-12-14-16-18-19-20-21-22-23-24-25-26-27-28-29-30-31-32-33-34-35-36-37-38-39-40-41-42-44-46-48-50-52-58(62)59-56(55-66-67(63,64)65-54-53-60(3,4)5)57(61)51-49-47-45-43-17-15-13-11-9-7-2/h8,10,14,16-17,19-20,22-23,25-26,28-29,31-32,34-35,37-38,40-41,43,49,51,56-57,61H,6-7,9,11-13,15,18,21,24,27,30,33,36,39,42,44-48,50,52-55H2,1-5H3,(H-,59,62,63,64)/b10-8-,16-14-,20-19-,23-22-,26-25-,29-28-,32-31-,35-34-,38-37-,41-40-,43-17+,51-49+. The molecule has 9 heteroatoms. The normalized spacial score (nSPS) is 15.3. The molecule has 0 heterocycles. The number of phosphoric acid groups is 1. The first kappa shape index (κ1) is 63.4. The molecule has 0 saturated carbocycles. The smallest absolute Gasteiger partial charge is 0.268 e. The maximum Gasteiger partial charge on any atom is 0.268 e.